The average Bonchev–Trinajstić information content (AvgIpc) is 2.29. The molecular weight excluding hydrogens is 224 g/mol. The van der Waals surface area contributed by atoms with Crippen molar-refractivity contribution in [3.63, 3.8) is 0 Å². The van der Waals surface area contributed by atoms with Crippen molar-refractivity contribution < 1.29 is 9.53 Å². The van der Waals surface area contributed by atoms with Gasteiger partial charge in [0.15, 0.2) is 0 Å². The molecule has 0 unspecified atom stereocenters. The predicted molar refractivity (Wildman–Crippen MR) is 77.4 cm³/mol. The molecular formula is C16H28O2. The maximum Gasteiger partial charge on any atom is 0.309 e. The van der Waals surface area contributed by atoms with Crippen molar-refractivity contribution in [3.8, 4) is 0 Å². The summed E-state index contributed by atoms with van der Waals surface area (Å²) in [5, 5.41) is 0. The van der Waals surface area contributed by atoms with Crippen LogP contribution in [0.3, 0.4) is 0 Å². The van der Waals surface area contributed by atoms with Gasteiger partial charge in [-0.15, -0.1) is 0 Å². The van der Waals surface area contributed by atoms with E-state index in [2.05, 4.69) is 12.2 Å². The topological polar surface area (TPSA) is 26.3 Å². The highest BCUT2D eigenvalue weighted by molar-refractivity contribution is 5.72. The van der Waals surface area contributed by atoms with E-state index in [1.807, 2.05) is 46.8 Å². The number of hydrogen-bond donors (Lipinski definition) is 0. The molecule has 0 heterocycles. The lowest BCUT2D eigenvalue weighted by Gasteiger charge is -2.24. The van der Waals surface area contributed by atoms with E-state index in [1.165, 1.54) is 0 Å². The van der Waals surface area contributed by atoms with Gasteiger partial charge in [-0.25, -0.2) is 0 Å². The van der Waals surface area contributed by atoms with E-state index in [4.69, 9.17) is 4.74 Å². The van der Waals surface area contributed by atoms with E-state index < -0.39 is 5.60 Å². The van der Waals surface area contributed by atoms with E-state index in [-0.39, 0.29) is 11.9 Å². The molecule has 0 aliphatic heterocycles. The van der Waals surface area contributed by atoms with Gasteiger partial charge in [-0.3, -0.25) is 4.79 Å². The monoisotopic (exact) mass is 252 g/mol. The summed E-state index contributed by atoms with van der Waals surface area (Å²) in [5.41, 5.74) is -0.504. The summed E-state index contributed by atoms with van der Waals surface area (Å²) >= 11 is 0. The minimum Gasteiger partial charge on any atom is -0.455 e. The molecule has 0 spiro atoms. The van der Waals surface area contributed by atoms with Crippen LogP contribution >= 0.6 is 0 Å². The Morgan fingerprint density at radius 1 is 1.17 bits per heavy atom. The second-order valence-corrected chi connectivity index (χ2v) is 5.09. The number of esters is 1. The van der Waals surface area contributed by atoms with E-state index in [0.717, 1.165) is 25.7 Å². The van der Waals surface area contributed by atoms with Gasteiger partial charge in [-0.2, -0.15) is 0 Å². The molecule has 2 heteroatoms. The fourth-order valence-electron chi connectivity index (χ4n) is 1.72. The van der Waals surface area contributed by atoms with E-state index in [1.54, 1.807) is 0 Å². The molecule has 18 heavy (non-hydrogen) atoms. The lowest BCUT2D eigenvalue weighted by molar-refractivity contribution is -0.157. The second-order valence-electron chi connectivity index (χ2n) is 5.09. The Balaban J connectivity index is 4.24. The standard InChI is InChI=1S/C16H28O2/c1-6-9-10-11-12-13-16(4,5)18-15(17)14(7-2)8-3/h6,9,12-14H,7-8,10-11H2,1-5H3/b9-6+,13-12+. The normalized spacial score (nSPS) is 12.8. The summed E-state index contributed by atoms with van der Waals surface area (Å²) < 4.78 is 5.54. The largest absolute Gasteiger partial charge is 0.455 e. The van der Waals surface area contributed by atoms with Gasteiger partial charge in [0.05, 0.1) is 5.92 Å². The van der Waals surface area contributed by atoms with Crippen LogP contribution in [0.4, 0.5) is 0 Å². The van der Waals surface area contributed by atoms with Crippen molar-refractivity contribution in [2.24, 2.45) is 5.92 Å². The SMILES string of the molecule is C/C=C/CC/C=C/C(C)(C)OC(=O)C(CC)CC. The Hall–Kier alpha value is -1.05. The van der Waals surface area contributed by atoms with Gasteiger partial charge < -0.3 is 4.74 Å². The van der Waals surface area contributed by atoms with Crippen LogP contribution in [0.1, 0.15) is 60.3 Å². The smallest absolute Gasteiger partial charge is 0.309 e. The van der Waals surface area contributed by atoms with Gasteiger partial charge in [0.2, 0.25) is 0 Å². The maximum atomic E-state index is 11.9. The van der Waals surface area contributed by atoms with Gasteiger partial charge in [0.25, 0.3) is 0 Å². The third-order valence-electron chi connectivity index (χ3n) is 2.94. The molecule has 0 aliphatic rings. The van der Waals surface area contributed by atoms with Gasteiger partial charge in [0, 0.05) is 0 Å². The number of carbonyl (C=O) groups is 1. The lowest BCUT2D eigenvalue weighted by Crippen LogP contribution is -2.29. The zero-order valence-corrected chi connectivity index (χ0v) is 12.5. The first-order valence-corrected chi connectivity index (χ1v) is 6.98. The van der Waals surface area contributed by atoms with Gasteiger partial charge >= 0.3 is 5.97 Å². The summed E-state index contributed by atoms with van der Waals surface area (Å²) in [5.74, 6) is -0.0520. The lowest BCUT2D eigenvalue weighted by atomic mass is 10.0. The minimum absolute atomic E-state index is 0.0284. The van der Waals surface area contributed by atoms with Gasteiger partial charge in [0.1, 0.15) is 5.60 Å². The predicted octanol–water partition coefficient (Wildman–Crippen LogP) is 4.66. The quantitative estimate of drug-likeness (QED) is 0.357. The molecule has 0 rings (SSSR count). The van der Waals surface area contributed by atoms with Crippen molar-refractivity contribution in [1.29, 1.82) is 0 Å². The Morgan fingerprint density at radius 2 is 1.72 bits per heavy atom. The number of carbonyl (C=O) groups excluding carboxylic acids is 1. The van der Waals surface area contributed by atoms with Crippen LogP contribution in [-0.4, -0.2) is 11.6 Å². The summed E-state index contributed by atoms with van der Waals surface area (Å²) in [7, 11) is 0. The Morgan fingerprint density at radius 3 is 2.22 bits per heavy atom. The highest BCUT2D eigenvalue weighted by Crippen LogP contribution is 2.18. The van der Waals surface area contributed by atoms with Crippen LogP contribution in [0.5, 0.6) is 0 Å². The zero-order valence-electron chi connectivity index (χ0n) is 12.5. The van der Waals surface area contributed by atoms with E-state index >= 15 is 0 Å². The molecule has 104 valence electrons. The van der Waals surface area contributed by atoms with Crippen LogP contribution < -0.4 is 0 Å². The van der Waals surface area contributed by atoms with Crippen molar-refractivity contribution in [2.45, 2.75) is 65.9 Å². The van der Waals surface area contributed by atoms with E-state index in [9.17, 15) is 4.79 Å². The number of unbranched alkanes of at least 4 members (excludes halogenated alkanes) is 1. The first kappa shape index (κ1) is 16.9. The number of hydrogen-bond acceptors (Lipinski definition) is 2. The fraction of sp³-hybridized carbons (Fsp3) is 0.688. The fourth-order valence-corrected chi connectivity index (χ4v) is 1.72. The molecule has 0 atom stereocenters. The maximum absolute atomic E-state index is 11.9. The molecule has 0 saturated heterocycles. The summed E-state index contributed by atoms with van der Waals surface area (Å²) in [6, 6.07) is 0. The average molecular weight is 252 g/mol. The molecule has 0 aromatic rings. The molecule has 0 bridgehead atoms. The van der Waals surface area contributed by atoms with Gasteiger partial charge in [-0.1, -0.05) is 32.1 Å². The van der Waals surface area contributed by atoms with Crippen molar-refractivity contribution in [1.82, 2.24) is 0 Å². The molecule has 0 aromatic heterocycles. The third kappa shape index (κ3) is 7.31. The molecule has 2 nitrogen and oxygen atoms in total. The molecule has 0 fully saturated rings. The summed E-state index contributed by atoms with van der Waals surface area (Å²) in [6.45, 7) is 9.93. The number of rotatable bonds is 8. The van der Waals surface area contributed by atoms with Gasteiger partial charge in [-0.05, 0) is 52.5 Å². The second kappa shape index (κ2) is 8.96. The van der Waals surface area contributed by atoms with Crippen molar-refractivity contribution in [3.05, 3.63) is 24.3 Å². The van der Waals surface area contributed by atoms with Crippen LogP contribution in [0.25, 0.3) is 0 Å². The molecule has 0 N–H and O–H groups in total. The Labute approximate surface area is 112 Å². The highest BCUT2D eigenvalue weighted by atomic mass is 16.6. The van der Waals surface area contributed by atoms with Crippen LogP contribution in [0.2, 0.25) is 0 Å². The molecule has 0 aliphatic carbocycles. The Kier molecular flexibility index (Phi) is 8.43. The summed E-state index contributed by atoms with van der Waals surface area (Å²) in [6.07, 6.45) is 11.9. The number of ether oxygens (including phenoxy) is 1. The highest BCUT2D eigenvalue weighted by Gasteiger charge is 2.23. The Bertz CT molecular complexity index is 283. The zero-order chi connectivity index (χ0) is 14.0. The molecule has 0 saturated carbocycles. The minimum atomic E-state index is -0.504. The first-order valence-electron chi connectivity index (χ1n) is 6.98. The molecule has 0 radical (unpaired) electrons. The van der Waals surface area contributed by atoms with Crippen molar-refractivity contribution in [2.75, 3.05) is 0 Å². The van der Waals surface area contributed by atoms with Crippen LogP contribution in [-0.2, 0) is 9.53 Å². The third-order valence-corrected chi connectivity index (χ3v) is 2.94. The number of allylic oxidation sites excluding steroid dienone is 3. The van der Waals surface area contributed by atoms with Crippen LogP contribution in [0.15, 0.2) is 24.3 Å². The van der Waals surface area contributed by atoms with E-state index in [0.29, 0.717) is 0 Å². The molecule has 0 aromatic carbocycles. The molecule has 0 amide bonds. The van der Waals surface area contributed by atoms with Crippen molar-refractivity contribution >= 4 is 5.97 Å². The summed E-state index contributed by atoms with van der Waals surface area (Å²) in [4.78, 5) is 11.9. The van der Waals surface area contributed by atoms with Crippen LogP contribution in [0, 0.1) is 5.92 Å². The first-order chi connectivity index (χ1) is 8.46.